The third kappa shape index (κ3) is 3.26. The van der Waals surface area contributed by atoms with E-state index < -0.39 is 14.3 Å². The van der Waals surface area contributed by atoms with Crippen molar-refractivity contribution in [2.45, 2.75) is 45.5 Å². The van der Waals surface area contributed by atoms with Crippen LogP contribution in [0.2, 0.25) is 18.1 Å². The SMILES string of the molecule is CC(C)(C)[Si](C)(C)OCc1c(N)ccnc1F. The lowest BCUT2D eigenvalue weighted by Crippen LogP contribution is -2.40. The van der Waals surface area contributed by atoms with Gasteiger partial charge in [0, 0.05) is 11.9 Å². The van der Waals surface area contributed by atoms with Crippen LogP contribution in [0.5, 0.6) is 0 Å². The lowest BCUT2D eigenvalue weighted by atomic mass is 10.2. The fraction of sp³-hybridized carbons (Fsp3) is 0.583. The molecule has 0 aliphatic heterocycles. The molecule has 0 saturated heterocycles. The van der Waals surface area contributed by atoms with Gasteiger partial charge in [0.1, 0.15) is 0 Å². The van der Waals surface area contributed by atoms with Crippen molar-refractivity contribution in [2.75, 3.05) is 5.73 Å². The summed E-state index contributed by atoms with van der Waals surface area (Å²) in [5.41, 5.74) is 6.47. The Morgan fingerprint density at radius 3 is 2.47 bits per heavy atom. The zero-order valence-corrected chi connectivity index (χ0v) is 12.2. The molecule has 1 rings (SSSR count). The highest BCUT2D eigenvalue weighted by Gasteiger charge is 2.37. The topological polar surface area (TPSA) is 48.1 Å². The van der Waals surface area contributed by atoms with Crippen molar-refractivity contribution in [1.82, 2.24) is 4.98 Å². The normalized spacial score (nSPS) is 12.8. The van der Waals surface area contributed by atoms with E-state index in [-0.39, 0.29) is 11.6 Å². The average Bonchev–Trinajstić information content (AvgIpc) is 2.15. The van der Waals surface area contributed by atoms with Crippen molar-refractivity contribution < 1.29 is 8.82 Å². The molecular formula is C12H21FN2OSi. The van der Waals surface area contributed by atoms with Gasteiger partial charge < -0.3 is 10.2 Å². The van der Waals surface area contributed by atoms with Gasteiger partial charge in [0.05, 0.1) is 12.2 Å². The first kappa shape index (κ1) is 14.1. The van der Waals surface area contributed by atoms with E-state index >= 15 is 0 Å². The molecule has 0 aliphatic carbocycles. The average molecular weight is 256 g/mol. The summed E-state index contributed by atoms with van der Waals surface area (Å²) >= 11 is 0. The van der Waals surface area contributed by atoms with Crippen molar-refractivity contribution in [3.05, 3.63) is 23.8 Å². The number of nitrogens with zero attached hydrogens (tertiary/aromatic N) is 1. The van der Waals surface area contributed by atoms with Crippen LogP contribution in [0.4, 0.5) is 10.1 Å². The standard InChI is InChI=1S/C12H21FN2OSi/c1-12(2,3)17(4,5)16-8-9-10(14)6-7-15-11(9)13/h6-7H,8H2,1-5H3,(H2,14,15). The second-order valence-corrected chi connectivity index (χ2v) is 10.5. The molecule has 1 aromatic heterocycles. The Kier molecular flexibility index (Phi) is 3.94. The fourth-order valence-corrected chi connectivity index (χ4v) is 2.03. The molecule has 0 atom stereocenters. The predicted molar refractivity (Wildman–Crippen MR) is 70.6 cm³/mol. The summed E-state index contributed by atoms with van der Waals surface area (Å²) in [6.45, 7) is 10.9. The maximum atomic E-state index is 13.5. The molecule has 0 fully saturated rings. The maximum absolute atomic E-state index is 13.5. The first-order valence-corrected chi connectivity index (χ1v) is 8.59. The number of aromatic nitrogens is 1. The molecule has 5 heteroatoms. The summed E-state index contributed by atoms with van der Waals surface area (Å²) in [6.07, 6.45) is 1.36. The molecule has 2 N–H and O–H groups in total. The number of hydrogen-bond acceptors (Lipinski definition) is 3. The summed E-state index contributed by atoms with van der Waals surface area (Å²) in [4.78, 5) is 3.59. The van der Waals surface area contributed by atoms with E-state index in [0.717, 1.165) is 0 Å². The molecule has 0 aromatic carbocycles. The van der Waals surface area contributed by atoms with Crippen LogP contribution in [0.1, 0.15) is 26.3 Å². The summed E-state index contributed by atoms with van der Waals surface area (Å²) < 4.78 is 19.4. The Hall–Kier alpha value is -0.943. The van der Waals surface area contributed by atoms with Gasteiger partial charge in [-0.25, -0.2) is 4.98 Å². The molecule has 0 bridgehead atoms. The predicted octanol–water partition coefficient (Wildman–Crippen LogP) is 3.32. The third-order valence-electron chi connectivity index (χ3n) is 3.42. The second-order valence-electron chi connectivity index (χ2n) is 5.72. The molecule has 0 amide bonds. The Bertz CT molecular complexity index is 382. The Morgan fingerprint density at radius 1 is 1.41 bits per heavy atom. The number of halogens is 1. The van der Waals surface area contributed by atoms with E-state index in [1.165, 1.54) is 6.20 Å². The van der Waals surface area contributed by atoms with Crippen molar-refractivity contribution in [3.63, 3.8) is 0 Å². The second kappa shape index (κ2) is 4.74. The van der Waals surface area contributed by atoms with E-state index in [2.05, 4.69) is 38.8 Å². The number of pyridine rings is 1. The van der Waals surface area contributed by atoms with Gasteiger partial charge in [-0.2, -0.15) is 4.39 Å². The molecule has 0 unspecified atom stereocenters. The van der Waals surface area contributed by atoms with Gasteiger partial charge in [-0.05, 0) is 24.2 Å². The van der Waals surface area contributed by atoms with E-state index in [1.807, 2.05) is 0 Å². The Balaban J connectivity index is 2.81. The number of nitrogen functional groups attached to an aromatic ring is 1. The third-order valence-corrected chi connectivity index (χ3v) is 7.90. The van der Waals surface area contributed by atoms with Crippen molar-refractivity contribution >= 4 is 14.0 Å². The van der Waals surface area contributed by atoms with Gasteiger partial charge in [0.15, 0.2) is 8.32 Å². The van der Waals surface area contributed by atoms with Crippen LogP contribution in [0, 0.1) is 5.95 Å². The highest BCUT2D eigenvalue weighted by molar-refractivity contribution is 6.74. The maximum Gasteiger partial charge on any atom is 0.220 e. The Labute approximate surface area is 103 Å². The minimum absolute atomic E-state index is 0.0977. The minimum Gasteiger partial charge on any atom is -0.412 e. The van der Waals surface area contributed by atoms with E-state index in [0.29, 0.717) is 11.3 Å². The Morgan fingerprint density at radius 2 is 2.00 bits per heavy atom. The minimum atomic E-state index is -1.88. The zero-order chi connectivity index (χ0) is 13.3. The molecule has 1 heterocycles. The molecule has 1 aromatic rings. The van der Waals surface area contributed by atoms with E-state index in [4.69, 9.17) is 10.2 Å². The first-order valence-electron chi connectivity index (χ1n) is 5.68. The van der Waals surface area contributed by atoms with Crippen LogP contribution < -0.4 is 5.73 Å². The van der Waals surface area contributed by atoms with Crippen LogP contribution in [-0.2, 0) is 11.0 Å². The van der Waals surface area contributed by atoms with Crippen LogP contribution in [-0.4, -0.2) is 13.3 Å². The van der Waals surface area contributed by atoms with Crippen molar-refractivity contribution in [2.24, 2.45) is 0 Å². The number of anilines is 1. The molecule has 17 heavy (non-hydrogen) atoms. The summed E-state index contributed by atoms with van der Waals surface area (Å²) in [6, 6.07) is 1.59. The molecule has 0 radical (unpaired) electrons. The molecule has 0 aliphatic rings. The fourth-order valence-electron chi connectivity index (χ4n) is 1.09. The van der Waals surface area contributed by atoms with E-state index in [1.54, 1.807) is 6.07 Å². The number of nitrogens with two attached hydrogens (primary N) is 1. The van der Waals surface area contributed by atoms with Crippen molar-refractivity contribution in [1.29, 1.82) is 0 Å². The van der Waals surface area contributed by atoms with Gasteiger partial charge in [0.2, 0.25) is 5.95 Å². The highest BCUT2D eigenvalue weighted by atomic mass is 28.4. The summed E-state index contributed by atoms with van der Waals surface area (Å²) in [5, 5.41) is 0.0977. The summed E-state index contributed by atoms with van der Waals surface area (Å²) in [7, 11) is -1.88. The zero-order valence-electron chi connectivity index (χ0n) is 11.2. The lowest BCUT2D eigenvalue weighted by molar-refractivity contribution is 0.270. The van der Waals surface area contributed by atoms with Gasteiger partial charge in [-0.3, -0.25) is 0 Å². The summed E-state index contributed by atoms with van der Waals surface area (Å²) in [5.74, 6) is -0.538. The van der Waals surface area contributed by atoms with E-state index in [9.17, 15) is 4.39 Å². The van der Waals surface area contributed by atoms with Crippen LogP contribution in [0.3, 0.4) is 0 Å². The quantitative estimate of drug-likeness (QED) is 0.666. The largest absolute Gasteiger partial charge is 0.412 e. The molecular weight excluding hydrogens is 235 g/mol. The molecule has 3 nitrogen and oxygen atoms in total. The van der Waals surface area contributed by atoms with Crippen LogP contribution in [0.25, 0.3) is 0 Å². The van der Waals surface area contributed by atoms with Crippen LogP contribution >= 0.6 is 0 Å². The van der Waals surface area contributed by atoms with Crippen LogP contribution in [0.15, 0.2) is 12.3 Å². The number of rotatable bonds is 3. The highest BCUT2D eigenvalue weighted by Crippen LogP contribution is 2.37. The van der Waals surface area contributed by atoms with Crippen molar-refractivity contribution in [3.8, 4) is 0 Å². The lowest BCUT2D eigenvalue weighted by Gasteiger charge is -2.36. The molecule has 0 spiro atoms. The molecule has 0 saturated carbocycles. The van der Waals surface area contributed by atoms with Gasteiger partial charge in [-0.1, -0.05) is 20.8 Å². The number of hydrogen-bond donors (Lipinski definition) is 1. The monoisotopic (exact) mass is 256 g/mol. The molecule has 96 valence electrons. The van der Waals surface area contributed by atoms with Gasteiger partial charge in [-0.15, -0.1) is 0 Å². The smallest absolute Gasteiger partial charge is 0.220 e. The van der Waals surface area contributed by atoms with Gasteiger partial charge >= 0.3 is 0 Å². The first-order chi connectivity index (χ1) is 7.65. The van der Waals surface area contributed by atoms with Gasteiger partial charge in [0.25, 0.3) is 0 Å².